The van der Waals surface area contributed by atoms with Crippen LogP contribution in [-0.2, 0) is 13.5 Å². The van der Waals surface area contributed by atoms with Crippen molar-refractivity contribution in [2.24, 2.45) is 7.05 Å². The van der Waals surface area contributed by atoms with E-state index in [4.69, 9.17) is 5.73 Å². The molecule has 1 saturated carbocycles. The number of nitrogens with one attached hydrogen (secondary N) is 1. The molecule has 0 unspecified atom stereocenters. The molecule has 102 valence electrons. The maximum Gasteiger partial charge on any atom is 0.147 e. The maximum atomic E-state index is 6.12. The Morgan fingerprint density at radius 1 is 1.44 bits per heavy atom. The third-order valence-electron chi connectivity index (χ3n) is 4.31. The molecule has 18 heavy (non-hydrogen) atoms. The normalized spacial score (nSPS) is 17.8. The highest BCUT2D eigenvalue weighted by Gasteiger charge is 2.39. The summed E-state index contributed by atoms with van der Waals surface area (Å²) >= 11 is 0. The third kappa shape index (κ3) is 2.07. The Kier molecular flexibility index (Phi) is 3.52. The maximum absolute atomic E-state index is 6.12. The zero-order valence-corrected chi connectivity index (χ0v) is 12.0. The van der Waals surface area contributed by atoms with E-state index in [2.05, 4.69) is 36.3 Å². The van der Waals surface area contributed by atoms with Gasteiger partial charge in [-0.1, -0.05) is 6.92 Å². The van der Waals surface area contributed by atoms with E-state index in [1.807, 2.05) is 11.7 Å². The zero-order valence-electron chi connectivity index (χ0n) is 12.0. The lowest BCUT2D eigenvalue weighted by Gasteiger charge is -2.47. The number of aromatic nitrogens is 2. The third-order valence-corrected chi connectivity index (χ3v) is 4.31. The van der Waals surface area contributed by atoms with Gasteiger partial charge in [0.15, 0.2) is 0 Å². The van der Waals surface area contributed by atoms with Crippen molar-refractivity contribution in [3.05, 3.63) is 5.69 Å². The van der Waals surface area contributed by atoms with Crippen molar-refractivity contribution >= 4 is 11.5 Å². The predicted molar refractivity (Wildman–Crippen MR) is 75.8 cm³/mol. The lowest BCUT2D eigenvalue weighted by atomic mass is 9.75. The molecule has 0 aromatic carbocycles. The van der Waals surface area contributed by atoms with Crippen molar-refractivity contribution < 1.29 is 0 Å². The van der Waals surface area contributed by atoms with Crippen molar-refractivity contribution in [3.63, 3.8) is 0 Å². The molecule has 5 nitrogen and oxygen atoms in total. The van der Waals surface area contributed by atoms with Crippen molar-refractivity contribution in [2.45, 2.75) is 38.1 Å². The van der Waals surface area contributed by atoms with Gasteiger partial charge in [0.05, 0.1) is 11.4 Å². The van der Waals surface area contributed by atoms with Gasteiger partial charge in [-0.2, -0.15) is 5.10 Å². The van der Waals surface area contributed by atoms with Crippen LogP contribution in [0, 0.1) is 0 Å². The Hall–Kier alpha value is -1.23. The number of rotatable bonds is 5. The minimum atomic E-state index is 0.295. The van der Waals surface area contributed by atoms with Gasteiger partial charge in [0, 0.05) is 19.1 Å². The molecule has 3 N–H and O–H groups in total. The number of aryl methyl sites for hydroxylation is 2. The highest BCUT2D eigenvalue weighted by atomic mass is 15.3. The molecule has 1 aliphatic carbocycles. The minimum absolute atomic E-state index is 0.295. The van der Waals surface area contributed by atoms with Crippen molar-refractivity contribution in [1.29, 1.82) is 0 Å². The first kappa shape index (κ1) is 13.2. The summed E-state index contributed by atoms with van der Waals surface area (Å²) in [7, 11) is 6.26. The second-order valence-corrected chi connectivity index (χ2v) is 5.51. The number of nitrogens with two attached hydrogens (primary N) is 1. The molecule has 2 rings (SSSR count). The summed E-state index contributed by atoms with van der Waals surface area (Å²) < 4.78 is 1.86. The molecule has 0 atom stereocenters. The van der Waals surface area contributed by atoms with Gasteiger partial charge in [-0.15, -0.1) is 0 Å². The Labute approximate surface area is 109 Å². The second-order valence-electron chi connectivity index (χ2n) is 5.51. The van der Waals surface area contributed by atoms with E-state index in [1.165, 1.54) is 19.3 Å². The molecule has 0 radical (unpaired) electrons. The summed E-state index contributed by atoms with van der Waals surface area (Å²) in [5, 5.41) is 7.93. The molecule has 1 heterocycles. The lowest BCUT2D eigenvalue weighted by molar-refractivity contribution is 0.0738. The average molecular weight is 251 g/mol. The molecule has 1 aliphatic rings. The fourth-order valence-electron chi connectivity index (χ4n) is 2.68. The second kappa shape index (κ2) is 4.80. The van der Waals surface area contributed by atoms with E-state index in [9.17, 15) is 0 Å². The van der Waals surface area contributed by atoms with Crippen LogP contribution in [0.1, 0.15) is 31.9 Å². The van der Waals surface area contributed by atoms with E-state index in [0.717, 1.165) is 30.2 Å². The quantitative estimate of drug-likeness (QED) is 0.832. The Morgan fingerprint density at radius 2 is 2.11 bits per heavy atom. The van der Waals surface area contributed by atoms with Crippen LogP contribution in [0.4, 0.5) is 11.5 Å². The Bertz CT molecular complexity index is 417. The van der Waals surface area contributed by atoms with Crippen LogP contribution in [0.15, 0.2) is 0 Å². The molecule has 5 heteroatoms. The summed E-state index contributed by atoms with van der Waals surface area (Å²) in [6.07, 6.45) is 4.71. The molecule has 0 amide bonds. The van der Waals surface area contributed by atoms with Gasteiger partial charge >= 0.3 is 0 Å². The van der Waals surface area contributed by atoms with E-state index in [-0.39, 0.29) is 0 Å². The van der Waals surface area contributed by atoms with Gasteiger partial charge in [-0.3, -0.25) is 4.68 Å². The van der Waals surface area contributed by atoms with Crippen LogP contribution >= 0.6 is 0 Å². The average Bonchev–Trinajstić information content (AvgIpc) is 2.53. The largest absolute Gasteiger partial charge is 0.394 e. The number of hydrogen-bond donors (Lipinski definition) is 2. The number of nitrogens with zero attached hydrogens (tertiary/aromatic N) is 3. The van der Waals surface area contributed by atoms with Gasteiger partial charge < -0.3 is 16.0 Å². The number of anilines is 2. The van der Waals surface area contributed by atoms with Crippen LogP contribution in [0.2, 0.25) is 0 Å². The molecular formula is C13H25N5. The first-order valence-electron chi connectivity index (χ1n) is 6.73. The van der Waals surface area contributed by atoms with E-state index >= 15 is 0 Å². The molecule has 0 spiro atoms. The lowest BCUT2D eigenvalue weighted by Crippen LogP contribution is -2.54. The fourth-order valence-corrected chi connectivity index (χ4v) is 2.68. The van der Waals surface area contributed by atoms with Gasteiger partial charge in [-0.05, 0) is 39.8 Å². The van der Waals surface area contributed by atoms with Crippen LogP contribution in [-0.4, -0.2) is 40.9 Å². The summed E-state index contributed by atoms with van der Waals surface area (Å²) in [4.78, 5) is 2.33. The zero-order chi connectivity index (χ0) is 13.3. The summed E-state index contributed by atoms with van der Waals surface area (Å²) in [6, 6.07) is 0. The standard InChI is InChI=1S/C13H25N5/c1-5-10-11(14)12(18(4)16-10)15-9-13(17(2)3)7-6-8-13/h15H,5-9,14H2,1-4H3. The Morgan fingerprint density at radius 3 is 2.50 bits per heavy atom. The van der Waals surface area contributed by atoms with E-state index in [1.54, 1.807) is 0 Å². The SMILES string of the molecule is CCc1nn(C)c(NCC2(N(C)C)CCC2)c1N. The highest BCUT2D eigenvalue weighted by Crippen LogP contribution is 2.36. The summed E-state index contributed by atoms with van der Waals surface area (Å²) in [5.41, 5.74) is 8.19. The molecule has 0 saturated heterocycles. The predicted octanol–water partition coefficient (Wildman–Crippen LogP) is 1.46. The van der Waals surface area contributed by atoms with Gasteiger partial charge in [0.1, 0.15) is 5.82 Å². The van der Waals surface area contributed by atoms with Gasteiger partial charge in [0.2, 0.25) is 0 Å². The van der Waals surface area contributed by atoms with Gasteiger partial charge in [0.25, 0.3) is 0 Å². The minimum Gasteiger partial charge on any atom is -0.394 e. The van der Waals surface area contributed by atoms with Crippen LogP contribution in [0.25, 0.3) is 0 Å². The molecule has 0 aliphatic heterocycles. The molecule has 0 bridgehead atoms. The van der Waals surface area contributed by atoms with E-state index < -0.39 is 0 Å². The van der Waals surface area contributed by atoms with Crippen LogP contribution in [0.5, 0.6) is 0 Å². The summed E-state index contributed by atoms with van der Waals surface area (Å²) in [5.74, 6) is 0.958. The number of hydrogen-bond acceptors (Lipinski definition) is 4. The fraction of sp³-hybridized carbons (Fsp3) is 0.769. The van der Waals surface area contributed by atoms with Crippen molar-refractivity contribution in [2.75, 3.05) is 31.7 Å². The Balaban J connectivity index is 2.08. The summed E-state index contributed by atoms with van der Waals surface area (Å²) in [6.45, 7) is 3.02. The number of nitrogen functional groups attached to an aromatic ring is 1. The molecular weight excluding hydrogens is 226 g/mol. The molecule has 1 fully saturated rings. The first-order chi connectivity index (χ1) is 8.50. The van der Waals surface area contributed by atoms with Gasteiger partial charge in [-0.25, -0.2) is 0 Å². The van der Waals surface area contributed by atoms with E-state index in [0.29, 0.717) is 5.54 Å². The molecule has 1 aromatic rings. The monoisotopic (exact) mass is 251 g/mol. The van der Waals surface area contributed by atoms with Crippen LogP contribution in [0.3, 0.4) is 0 Å². The first-order valence-corrected chi connectivity index (χ1v) is 6.73. The van der Waals surface area contributed by atoms with Crippen molar-refractivity contribution in [3.8, 4) is 0 Å². The van der Waals surface area contributed by atoms with Crippen LogP contribution < -0.4 is 11.1 Å². The topological polar surface area (TPSA) is 59.1 Å². The number of likely N-dealkylation sites (N-methyl/N-ethyl adjacent to an activating group) is 1. The molecule has 1 aromatic heterocycles. The highest BCUT2D eigenvalue weighted by molar-refractivity contribution is 5.65. The smallest absolute Gasteiger partial charge is 0.147 e. The van der Waals surface area contributed by atoms with Crippen molar-refractivity contribution in [1.82, 2.24) is 14.7 Å².